The number of sulfonamides is 1. The summed E-state index contributed by atoms with van der Waals surface area (Å²) in [7, 11) is -3.39. The number of H-pyrrole nitrogens is 1. The number of para-hydroxylation sites is 1. The zero-order chi connectivity index (χ0) is 19.7. The molecule has 0 aliphatic carbocycles. The number of fused-ring (bicyclic) bond motifs is 1. The lowest BCUT2D eigenvalue weighted by molar-refractivity contribution is -0.136. The van der Waals surface area contributed by atoms with Gasteiger partial charge in [-0.1, -0.05) is 24.3 Å². The highest BCUT2D eigenvalue weighted by molar-refractivity contribution is 7.88. The predicted octanol–water partition coefficient (Wildman–Crippen LogP) is 1.78. The fraction of sp³-hybridized carbons (Fsp3) is 0.300. The number of carbonyl (C=O) groups excluding carboxylic acids is 1. The van der Waals surface area contributed by atoms with Gasteiger partial charge in [0.05, 0.1) is 18.7 Å². The molecule has 3 heterocycles. The molecule has 1 fully saturated rings. The van der Waals surface area contributed by atoms with Crippen molar-refractivity contribution in [3.05, 3.63) is 66.1 Å². The Morgan fingerprint density at radius 3 is 2.75 bits per heavy atom. The molecule has 0 bridgehead atoms. The second-order valence-electron chi connectivity index (χ2n) is 7.16. The van der Waals surface area contributed by atoms with E-state index in [1.165, 1.54) is 10.6 Å². The first-order valence-electron chi connectivity index (χ1n) is 9.10. The average molecular weight is 398 g/mol. The predicted molar refractivity (Wildman–Crippen MR) is 107 cm³/mol. The molecule has 4 rings (SSSR count). The van der Waals surface area contributed by atoms with Gasteiger partial charge in [-0.15, -0.1) is 0 Å². The van der Waals surface area contributed by atoms with Crippen molar-refractivity contribution in [1.82, 2.24) is 19.2 Å². The Hall–Kier alpha value is -2.71. The van der Waals surface area contributed by atoms with Crippen molar-refractivity contribution in [2.45, 2.75) is 19.0 Å². The van der Waals surface area contributed by atoms with Crippen molar-refractivity contribution in [1.29, 1.82) is 0 Å². The summed E-state index contributed by atoms with van der Waals surface area (Å²) in [4.78, 5) is 21.6. The van der Waals surface area contributed by atoms with Crippen molar-refractivity contribution in [3.63, 3.8) is 0 Å². The van der Waals surface area contributed by atoms with Gasteiger partial charge in [-0.2, -0.15) is 4.31 Å². The number of aromatic nitrogens is 2. The van der Waals surface area contributed by atoms with Crippen LogP contribution < -0.4 is 0 Å². The molecular weight excluding hydrogens is 376 g/mol. The Morgan fingerprint density at radius 1 is 1.25 bits per heavy atom. The average Bonchev–Trinajstić information content (AvgIpc) is 3.03. The molecule has 1 saturated heterocycles. The van der Waals surface area contributed by atoms with E-state index in [-0.39, 0.29) is 18.5 Å². The third-order valence-electron chi connectivity index (χ3n) is 5.13. The summed E-state index contributed by atoms with van der Waals surface area (Å²) in [5, 5.41) is 1.04. The van der Waals surface area contributed by atoms with Gasteiger partial charge in [-0.3, -0.25) is 9.78 Å². The third kappa shape index (κ3) is 3.79. The number of benzene rings is 1. The normalized spacial score (nSPS) is 15.1. The minimum Gasteiger partial charge on any atom is -0.361 e. The number of hydrogen-bond acceptors (Lipinski definition) is 4. The van der Waals surface area contributed by atoms with E-state index in [0.29, 0.717) is 19.5 Å². The van der Waals surface area contributed by atoms with Gasteiger partial charge < -0.3 is 9.88 Å². The first-order valence-corrected chi connectivity index (χ1v) is 10.9. The van der Waals surface area contributed by atoms with Gasteiger partial charge in [-0.05, 0) is 23.3 Å². The van der Waals surface area contributed by atoms with Gasteiger partial charge in [0.1, 0.15) is 0 Å². The summed E-state index contributed by atoms with van der Waals surface area (Å²) in [6.45, 7) is 1.09. The van der Waals surface area contributed by atoms with E-state index in [0.717, 1.165) is 22.0 Å². The van der Waals surface area contributed by atoms with Crippen LogP contribution in [0.15, 0.2) is 55.0 Å². The van der Waals surface area contributed by atoms with Crippen molar-refractivity contribution in [3.8, 4) is 0 Å². The molecule has 3 aromatic rings. The number of hydrogen-bond donors (Lipinski definition) is 1. The molecule has 0 atom stereocenters. The lowest BCUT2D eigenvalue weighted by Gasteiger charge is -2.44. The van der Waals surface area contributed by atoms with Crippen LogP contribution in [0, 0.1) is 0 Å². The number of rotatable bonds is 6. The lowest BCUT2D eigenvalue weighted by atomic mass is 10.1. The van der Waals surface area contributed by atoms with E-state index in [2.05, 4.69) is 9.97 Å². The topological polar surface area (TPSA) is 86.4 Å². The molecule has 8 heteroatoms. The van der Waals surface area contributed by atoms with Crippen LogP contribution in [0.3, 0.4) is 0 Å². The summed E-state index contributed by atoms with van der Waals surface area (Å²) < 4.78 is 26.0. The summed E-state index contributed by atoms with van der Waals surface area (Å²) in [5.74, 6) is 0.0100. The minimum atomic E-state index is -3.39. The van der Waals surface area contributed by atoms with Crippen LogP contribution in [0.2, 0.25) is 0 Å². The molecule has 7 nitrogen and oxygen atoms in total. The van der Waals surface area contributed by atoms with Gasteiger partial charge in [-0.25, -0.2) is 8.42 Å². The molecule has 0 spiro atoms. The molecule has 1 amide bonds. The first-order chi connectivity index (χ1) is 13.4. The molecule has 0 saturated carbocycles. The van der Waals surface area contributed by atoms with Gasteiger partial charge in [0.25, 0.3) is 0 Å². The maximum absolute atomic E-state index is 12.6. The van der Waals surface area contributed by atoms with Gasteiger partial charge >= 0.3 is 0 Å². The summed E-state index contributed by atoms with van der Waals surface area (Å²) >= 11 is 0. The Bertz CT molecular complexity index is 1090. The zero-order valence-electron chi connectivity index (χ0n) is 15.6. The summed E-state index contributed by atoms with van der Waals surface area (Å²) in [6.07, 6.45) is 6.70. The Balaban J connectivity index is 1.41. The molecule has 1 aliphatic heterocycles. The Kier molecular flexibility index (Phi) is 4.91. The smallest absolute Gasteiger partial charge is 0.227 e. The summed E-state index contributed by atoms with van der Waals surface area (Å²) in [6, 6.07) is 11.3. The minimum absolute atomic E-state index is 0.0100. The SMILES string of the molecule is CS(=O)(=O)N(Cc1cccnc1)C1CN(C(=O)Cc2c[nH]c3ccccc23)C1. The molecule has 28 heavy (non-hydrogen) atoms. The number of amides is 1. The van der Waals surface area contributed by atoms with Crippen molar-refractivity contribution in [2.75, 3.05) is 19.3 Å². The van der Waals surface area contributed by atoms with Gasteiger partial charge in [0.15, 0.2) is 0 Å². The molecule has 0 unspecified atom stereocenters. The maximum Gasteiger partial charge on any atom is 0.227 e. The van der Waals surface area contributed by atoms with E-state index in [4.69, 9.17) is 0 Å². The number of nitrogens with one attached hydrogen (secondary N) is 1. The molecule has 2 aromatic heterocycles. The molecule has 146 valence electrons. The fourth-order valence-electron chi connectivity index (χ4n) is 3.58. The number of aromatic amines is 1. The zero-order valence-corrected chi connectivity index (χ0v) is 16.4. The molecule has 1 aromatic carbocycles. The highest BCUT2D eigenvalue weighted by Gasteiger charge is 2.38. The maximum atomic E-state index is 12.6. The van der Waals surface area contributed by atoms with Crippen LogP contribution in [0.25, 0.3) is 10.9 Å². The summed E-state index contributed by atoms with van der Waals surface area (Å²) in [5.41, 5.74) is 2.79. The molecular formula is C20H22N4O3S. The van der Waals surface area contributed by atoms with Gasteiger partial charge in [0.2, 0.25) is 15.9 Å². The van der Waals surface area contributed by atoms with E-state index in [9.17, 15) is 13.2 Å². The number of nitrogens with zero attached hydrogens (tertiary/aromatic N) is 3. The van der Waals surface area contributed by atoms with Crippen LogP contribution in [0.5, 0.6) is 0 Å². The number of pyridine rings is 1. The quantitative estimate of drug-likeness (QED) is 0.686. The van der Waals surface area contributed by atoms with Crippen LogP contribution >= 0.6 is 0 Å². The highest BCUT2D eigenvalue weighted by Crippen LogP contribution is 2.23. The van der Waals surface area contributed by atoms with Crippen LogP contribution in [0.1, 0.15) is 11.1 Å². The standard InChI is InChI=1S/C20H22N4O3S/c1-28(26,27)24(12-15-5-4-8-21-10-15)17-13-23(14-17)20(25)9-16-11-22-19-7-3-2-6-18(16)19/h2-8,10-11,17,22H,9,12-14H2,1H3. The largest absolute Gasteiger partial charge is 0.361 e. The van der Waals surface area contributed by atoms with E-state index in [1.807, 2.05) is 36.5 Å². The van der Waals surface area contributed by atoms with E-state index in [1.54, 1.807) is 23.4 Å². The monoisotopic (exact) mass is 398 g/mol. The van der Waals surface area contributed by atoms with Crippen molar-refractivity contribution in [2.24, 2.45) is 0 Å². The second kappa shape index (κ2) is 7.37. The Labute approximate surface area is 164 Å². The third-order valence-corrected chi connectivity index (χ3v) is 6.41. The first kappa shape index (κ1) is 18.6. The van der Waals surface area contributed by atoms with Crippen LogP contribution in [-0.4, -0.2) is 58.9 Å². The van der Waals surface area contributed by atoms with Crippen molar-refractivity contribution < 1.29 is 13.2 Å². The lowest BCUT2D eigenvalue weighted by Crippen LogP contribution is -2.62. The van der Waals surface area contributed by atoms with Crippen molar-refractivity contribution >= 4 is 26.8 Å². The second-order valence-corrected chi connectivity index (χ2v) is 9.09. The Morgan fingerprint density at radius 2 is 2.04 bits per heavy atom. The molecule has 1 N–H and O–H groups in total. The fourth-order valence-corrected chi connectivity index (χ4v) is 4.64. The van der Waals surface area contributed by atoms with Crippen LogP contribution in [-0.2, 0) is 27.8 Å². The molecule has 0 radical (unpaired) electrons. The molecule has 1 aliphatic rings. The number of carbonyl (C=O) groups is 1. The van der Waals surface area contributed by atoms with E-state index < -0.39 is 10.0 Å². The van der Waals surface area contributed by atoms with E-state index >= 15 is 0 Å². The van der Waals surface area contributed by atoms with Crippen LogP contribution in [0.4, 0.5) is 0 Å². The van der Waals surface area contributed by atoms with Gasteiger partial charge in [0, 0.05) is 49.1 Å². The number of likely N-dealkylation sites (tertiary alicyclic amines) is 1. The highest BCUT2D eigenvalue weighted by atomic mass is 32.2.